The lowest BCUT2D eigenvalue weighted by Crippen LogP contribution is -2.38. The Labute approximate surface area is 110 Å². The molecule has 6 heteroatoms. The van der Waals surface area contributed by atoms with Crippen LogP contribution in [-0.4, -0.2) is 29.8 Å². The van der Waals surface area contributed by atoms with Gasteiger partial charge in [0, 0.05) is 18.8 Å². The molecule has 1 aliphatic heterocycles. The molecule has 0 bridgehead atoms. The Hall–Kier alpha value is -2.11. The first-order chi connectivity index (χ1) is 8.83. The van der Waals surface area contributed by atoms with Gasteiger partial charge in [-0.05, 0) is 31.5 Å². The lowest BCUT2D eigenvalue weighted by Gasteiger charge is -2.21. The minimum atomic E-state index is -0.704. The molecule has 0 radical (unpaired) electrons. The molecule has 0 aliphatic carbocycles. The molecule has 0 saturated carbocycles. The quantitative estimate of drug-likeness (QED) is 0.773. The number of hydrogen-bond acceptors (Lipinski definition) is 3. The number of nitrogen functional groups attached to an aromatic ring is 1. The largest absolute Gasteiger partial charge is 0.398 e. The zero-order valence-electron chi connectivity index (χ0n) is 10.6. The molecular formula is C13H16FN3O2. The van der Waals surface area contributed by atoms with Crippen LogP contribution in [0, 0.1) is 11.2 Å². The molecule has 1 unspecified atom stereocenters. The van der Waals surface area contributed by atoms with Gasteiger partial charge >= 0.3 is 0 Å². The molecule has 1 aliphatic rings. The summed E-state index contributed by atoms with van der Waals surface area (Å²) in [5, 5.41) is 0. The zero-order chi connectivity index (χ0) is 14.2. The highest BCUT2D eigenvalue weighted by Crippen LogP contribution is 2.31. The highest BCUT2D eigenvalue weighted by Gasteiger charge is 2.41. The lowest BCUT2D eigenvalue weighted by atomic mass is 9.89. The Morgan fingerprint density at radius 1 is 1.42 bits per heavy atom. The first-order valence-electron chi connectivity index (χ1n) is 5.98. The van der Waals surface area contributed by atoms with Crippen LogP contribution in [0.15, 0.2) is 18.2 Å². The molecule has 1 fully saturated rings. The topological polar surface area (TPSA) is 89.4 Å². The van der Waals surface area contributed by atoms with E-state index in [0.717, 1.165) is 6.07 Å². The fourth-order valence-electron chi connectivity index (χ4n) is 2.23. The van der Waals surface area contributed by atoms with Crippen molar-refractivity contribution >= 4 is 17.5 Å². The van der Waals surface area contributed by atoms with Crippen LogP contribution in [0.4, 0.5) is 10.1 Å². The van der Waals surface area contributed by atoms with E-state index in [1.165, 1.54) is 17.0 Å². The Morgan fingerprint density at radius 2 is 2.11 bits per heavy atom. The van der Waals surface area contributed by atoms with Crippen molar-refractivity contribution in [3.05, 3.63) is 29.6 Å². The number of anilines is 1. The molecule has 1 aromatic carbocycles. The Kier molecular flexibility index (Phi) is 3.18. The number of likely N-dealkylation sites (tertiary alicyclic amines) is 1. The Balaban J connectivity index is 2.20. The summed E-state index contributed by atoms with van der Waals surface area (Å²) < 4.78 is 13.0. The number of rotatable bonds is 2. The van der Waals surface area contributed by atoms with Gasteiger partial charge in [0.25, 0.3) is 5.91 Å². The number of nitrogens with two attached hydrogens (primary N) is 2. The van der Waals surface area contributed by atoms with Gasteiger partial charge < -0.3 is 16.4 Å². The van der Waals surface area contributed by atoms with Crippen LogP contribution in [0.5, 0.6) is 0 Å². The van der Waals surface area contributed by atoms with E-state index in [1.807, 2.05) is 0 Å². The van der Waals surface area contributed by atoms with Gasteiger partial charge in [0.2, 0.25) is 5.91 Å². The van der Waals surface area contributed by atoms with Gasteiger partial charge in [-0.3, -0.25) is 9.59 Å². The fraction of sp³-hybridized carbons (Fsp3) is 0.385. The van der Waals surface area contributed by atoms with E-state index >= 15 is 0 Å². The van der Waals surface area contributed by atoms with Gasteiger partial charge in [-0.2, -0.15) is 0 Å². The van der Waals surface area contributed by atoms with Crippen LogP contribution < -0.4 is 11.5 Å². The van der Waals surface area contributed by atoms with Gasteiger partial charge in [0.05, 0.1) is 11.0 Å². The molecule has 5 nitrogen and oxygen atoms in total. The van der Waals surface area contributed by atoms with Crippen LogP contribution in [0.25, 0.3) is 0 Å². The normalized spacial score (nSPS) is 22.5. The smallest absolute Gasteiger partial charge is 0.255 e. The van der Waals surface area contributed by atoms with Crippen molar-refractivity contribution in [2.45, 2.75) is 13.3 Å². The molecule has 4 N–H and O–H groups in total. The van der Waals surface area contributed by atoms with Crippen molar-refractivity contribution < 1.29 is 14.0 Å². The summed E-state index contributed by atoms with van der Waals surface area (Å²) in [5.41, 5.74) is 10.6. The number of halogens is 1. The summed E-state index contributed by atoms with van der Waals surface area (Å²) in [5.74, 6) is -1.21. The van der Waals surface area contributed by atoms with Gasteiger partial charge in [0.1, 0.15) is 5.82 Å². The summed E-state index contributed by atoms with van der Waals surface area (Å²) in [4.78, 5) is 25.1. The van der Waals surface area contributed by atoms with Crippen molar-refractivity contribution in [3.63, 3.8) is 0 Å². The molecule has 1 aromatic rings. The summed E-state index contributed by atoms with van der Waals surface area (Å²) >= 11 is 0. The maximum Gasteiger partial charge on any atom is 0.255 e. The van der Waals surface area contributed by atoms with Crippen LogP contribution in [0.1, 0.15) is 23.7 Å². The first kappa shape index (κ1) is 13.3. The number of carbonyl (C=O) groups is 2. The van der Waals surface area contributed by atoms with E-state index in [1.54, 1.807) is 6.92 Å². The second-order valence-corrected chi connectivity index (χ2v) is 5.13. The molecule has 2 amide bonds. The minimum Gasteiger partial charge on any atom is -0.398 e. The van der Waals surface area contributed by atoms with Crippen LogP contribution in [0.2, 0.25) is 0 Å². The molecule has 1 saturated heterocycles. The monoisotopic (exact) mass is 265 g/mol. The number of carbonyl (C=O) groups excluding carboxylic acids is 2. The minimum absolute atomic E-state index is 0.0951. The number of benzene rings is 1. The summed E-state index contributed by atoms with van der Waals surface area (Å²) in [7, 11) is 0. The van der Waals surface area contributed by atoms with Crippen molar-refractivity contribution in [3.8, 4) is 0 Å². The fourth-order valence-corrected chi connectivity index (χ4v) is 2.23. The molecule has 102 valence electrons. The van der Waals surface area contributed by atoms with E-state index in [4.69, 9.17) is 11.5 Å². The summed E-state index contributed by atoms with van der Waals surface area (Å²) in [6.07, 6.45) is 0.523. The highest BCUT2D eigenvalue weighted by atomic mass is 19.1. The van der Waals surface area contributed by atoms with Gasteiger partial charge in [-0.25, -0.2) is 4.39 Å². The van der Waals surface area contributed by atoms with E-state index in [2.05, 4.69) is 0 Å². The average Bonchev–Trinajstić information content (AvgIpc) is 2.73. The third-order valence-corrected chi connectivity index (χ3v) is 3.60. The molecule has 19 heavy (non-hydrogen) atoms. The zero-order valence-corrected chi connectivity index (χ0v) is 10.6. The van der Waals surface area contributed by atoms with Crippen molar-refractivity contribution in [1.29, 1.82) is 0 Å². The highest BCUT2D eigenvalue weighted by molar-refractivity contribution is 5.99. The van der Waals surface area contributed by atoms with E-state index < -0.39 is 17.1 Å². The number of hydrogen-bond donors (Lipinski definition) is 2. The standard InChI is InChI=1S/C13H16FN3O2/c1-13(12(16)19)4-5-17(7-13)11(18)9-3-2-8(14)6-10(9)15/h2-3,6H,4-5,7,15H2,1H3,(H2,16,19). The maximum atomic E-state index is 13.0. The molecule has 0 aromatic heterocycles. The third kappa shape index (κ3) is 2.38. The van der Waals surface area contributed by atoms with Gasteiger partial charge in [-0.1, -0.05) is 0 Å². The average molecular weight is 265 g/mol. The SMILES string of the molecule is CC1(C(N)=O)CCN(C(=O)c2ccc(F)cc2N)C1. The van der Waals surface area contributed by atoms with Crippen molar-refractivity contribution in [1.82, 2.24) is 4.90 Å². The second-order valence-electron chi connectivity index (χ2n) is 5.13. The second kappa shape index (κ2) is 4.53. The predicted molar refractivity (Wildman–Crippen MR) is 68.6 cm³/mol. The molecule has 0 spiro atoms. The molecular weight excluding hydrogens is 249 g/mol. The molecule has 1 heterocycles. The number of amides is 2. The predicted octanol–water partition coefficient (Wildman–Crippen LogP) is 0.745. The van der Waals surface area contributed by atoms with Crippen molar-refractivity contribution in [2.75, 3.05) is 18.8 Å². The Morgan fingerprint density at radius 3 is 2.63 bits per heavy atom. The summed E-state index contributed by atoms with van der Waals surface area (Å²) in [6.45, 7) is 2.43. The van der Waals surface area contributed by atoms with Crippen LogP contribution in [-0.2, 0) is 4.79 Å². The van der Waals surface area contributed by atoms with Crippen molar-refractivity contribution in [2.24, 2.45) is 11.1 Å². The molecule has 1 atom stereocenters. The maximum absolute atomic E-state index is 13.0. The van der Waals surface area contributed by atoms with E-state index in [9.17, 15) is 14.0 Å². The van der Waals surface area contributed by atoms with E-state index in [0.29, 0.717) is 13.0 Å². The first-order valence-corrected chi connectivity index (χ1v) is 5.98. The van der Waals surface area contributed by atoms with Gasteiger partial charge in [0.15, 0.2) is 0 Å². The summed E-state index contributed by atoms with van der Waals surface area (Å²) in [6, 6.07) is 3.65. The van der Waals surface area contributed by atoms with E-state index in [-0.39, 0.29) is 23.7 Å². The van der Waals surface area contributed by atoms with Crippen LogP contribution >= 0.6 is 0 Å². The molecule has 2 rings (SSSR count). The Bertz CT molecular complexity index is 547. The van der Waals surface area contributed by atoms with Gasteiger partial charge in [-0.15, -0.1) is 0 Å². The van der Waals surface area contributed by atoms with Crippen LogP contribution in [0.3, 0.4) is 0 Å². The number of primary amides is 1. The number of nitrogens with zero attached hydrogens (tertiary/aromatic N) is 1. The third-order valence-electron chi connectivity index (χ3n) is 3.60. The lowest BCUT2D eigenvalue weighted by molar-refractivity contribution is -0.126.